The van der Waals surface area contributed by atoms with Crippen molar-refractivity contribution < 1.29 is 17.9 Å². The van der Waals surface area contributed by atoms with Gasteiger partial charge in [-0.05, 0) is 37.6 Å². The van der Waals surface area contributed by atoms with Gasteiger partial charge in [-0.2, -0.15) is 10.2 Å². The molecule has 2 aromatic rings. The zero-order chi connectivity index (χ0) is 21.3. The van der Waals surface area contributed by atoms with Crippen LogP contribution < -0.4 is 14.8 Å². The first-order chi connectivity index (χ1) is 13.9. The molecule has 0 fully saturated rings. The number of hydrogen-bond donors (Lipinski definition) is 2. The van der Waals surface area contributed by atoms with E-state index in [1.165, 1.54) is 18.3 Å². The maximum Gasteiger partial charge on any atom is 0.240 e. The molecule has 0 aliphatic carbocycles. The minimum atomic E-state index is -3.60. The monoisotopic (exact) mass is 415 g/mol. The number of nitriles is 1. The van der Waals surface area contributed by atoms with Crippen LogP contribution >= 0.6 is 0 Å². The van der Waals surface area contributed by atoms with Crippen LogP contribution in [0.1, 0.15) is 18.9 Å². The molecule has 1 aromatic heterocycles. The molecular formula is C19H21N5O4S. The second-order valence-corrected chi connectivity index (χ2v) is 7.61. The van der Waals surface area contributed by atoms with Gasteiger partial charge in [0.1, 0.15) is 11.6 Å². The summed E-state index contributed by atoms with van der Waals surface area (Å²) in [6.07, 6.45) is 6.62. The highest BCUT2D eigenvalue weighted by Gasteiger charge is 2.14. The van der Waals surface area contributed by atoms with Crippen molar-refractivity contribution >= 4 is 21.7 Å². The molecule has 152 valence electrons. The van der Waals surface area contributed by atoms with E-state index in [-0.39, 0.29) is 28.8 Å². The largest absolute Gasteiger partial charge is 0.460 e. The summed E-state index contributed by atoms with van der Waals surface area (Å²) in [6.45, 7) is 2.41. The normalized spacial score (nSPS) is 11.9. The van der Waals surface area contributed by atoms with E-state index in [0.717, 1.165) is 0 Å². The third-order valence-electron chi connectivity index (χ3n) is 3.64. The number of nitrogens with one attached hydrogen (secondary N) is 2. The Morgan fingerprint density at radius 2 is 2.03 bits per heavy atom. The van der Waals surface area contributed by atoms with Crippen LogP contribution in [0.15, 0.2) is 35.4 Å². The van der Waals surface area contributed by atoms with Gasteiger partial charge in [0.15, 0.2) is 6.10 Å². The zero-order valence-electron chi connectivity index (χ0n) is 16.0. The average molecular weight is 415 g/mol. The van der Waals surface area contributed by atoms with Gasteiger partial charge in [0.25, 0.3) is 0 Å². The van der Waals surface area contributed by atoms with Crippen LogP contribution in [0, 0.1) is 23.7 Å². The summed E-state index contributed by atoms with van der Waals surface area (Å²) in [7, 11) is -2.04. The molecule has 0 aliphatic heterocycles. The molecule has 0 saturated carbocycles. The number of rotatable bonds is 10. The van der Waals surface area contributed by atoms with Crippen LogP contribution in [-0.2, 0) is 14.8 Å². The van der Waals surface area contributed by atoms with Gasteiger partial charge in [0.05, 0.1) is 11.1 Å². The van der Waals surface area contributed by atoms with Gasteiger partial charge in [-0.3, -0.25) is 0 Å². The smallest absolute Gasteiger partial charge is 0.240 e. The van der Waals surface area contributed by atoms with Gasteiger partial charge in [0, 0.05) is 25.9 Å². The summed E-state index contributed by atoms with van der Waals surface area (Å²) in [5, 5.41) is 12.1. The van der Waals surface area contributed by atoms with Crippen molar-refractivity contribution in [3.63, 3.8) is 0 Å². The van der Waals surface area contributed by atoms with Crippen molar-refractivity contribution in [2.45, 2.75) is 24.3 Å². The van der Waals surface area contributed by atoms with E-state index >= 15 is 0 Å². The Kier molecular flexibility index (Phi) is 7.92. The van der Waals surface area contributed by atoms with Gasteiger partial charge in [-0.1, -0.05) is 5.92 Å². The highest BCUT2D eigenvalue weighted by molar-refractivity contribution is 7.89. The summed E-state index contributed by atoms with van der Waals surface area (Å²) in [5.74, 6) is 2.64. The molecule has 0 aliphatic rings. The fraction of sp³-hybridized carbons (Fsp3) is 0.316. The number of anilines is 2. The number of methoxy groups -OCH3 is 1. The minimum Gasteiger partial charge on any atom is -0.460 e. The summed E-state index contributed by atoms with van der Waals surface area (Å²) in [5.41, 5.74) is 0.711. The highest BCUT2D eigenvalue weighted by atomic mass is 32.2. The molecule has 2 rings (SSSR count). The number of ether oxygens (including phenoxy) is 2. The van der Waals surface area contributed by atoms with E-state index in [1.807, 2.05) is 6.07 Å². The van der Waals surface area contributed by atoms with Crippen molar-refractivity contribution in [3.05, 3.63) is 36.0 Å². The van der Waals surface area contributed by atoms with E-state index in [2.05, 4.69) is 25.9 Å². The Morgan fingerprint density at radius 1 is 1.31 bits per heavy atom. The van der Waals surface area contributed by atoms with Crippen molar-refractivity contribution in [2.24, 2.45) is 0 Å². The molecule has 0 saturated heterocycles. The third-order valence-corrected chi connectivity index (χ3v) is 5.11. The molecular weight excluding hydrogens is 394 g/mol. The second kappa shape index (κ2) is 10.4. The molecule has 0 spiro atoms. The lowest BCUT2D eigenvalue weighted by Gasteiger charge is -2.11. The van der Waals surface area contributed by atoms with E-state index in [0.29, 0.717) is 18.7 Å². The summed E-state index contributed by atoms with van der Waals surface area (Å²) in [6, 6.07) is 8.02. The molecule has 29 heavy (non-hydrogen) atoms. The predicted octanol–water partition coefficient (Wildman–Crippen LogP) is 1.81. The van der Waals surface area contributed by atoms with Crippen LogP contribution in [-0.4, -0.2) is 44.8 Å². The van der Waals surface area contributed by atoms with Crippen molar-refractivity contribution in [1.29, 1.82) is 5.26 Å². The lowest BCUT2D eigenvalue weighted by Crippen LogP contribution is -2.25. The van der Waals surface area contributed by atoms with E-state index in [1.54, 1.807) is 26.2 Å². The fourth-order valence-corrected chi connectivity index (χ4v) is 3.22. The summed E-state index contributed by atoms with van der Waals surface area (Å²) in [4.78, 5) is 8.33. The number of sulfonamides is 1. The second-order valence-electron chi connectivity index (χ2n) is 5.84. The maximum atomic E-state index is 12.3. The Bertz CT molecular complexity index is 1010. The Hall–Kier alpha value is -3.18. The lowest BCUT2D eigenvalue weighted by atomic mass is 10.3. The van der Waals surface area contributed by atoms with Crippen LogP contribution in [0.3, 0.4) is 0 Å². The first-order valence-electron chi connectivity index (χ1n) is 8.65. The first-order valence-corrected chi connectivity index (χ1v) is 10.1. The highest BCUT2D eigenvalue weighted by Crippen LogP contribution is 2.21. The maximum absolute atomic E-state index is 12.3. The predicted molar refractivity (Wildman–Crippen MR) is 107 cm³/mol. The number of nitrogens with zero attached hydrogens (tertiary/aromatic N) is 3. The van der Waals surface area contributed by atoms with Crippen LogP contribution in [0.4, 0.5) is 11.6 Å². The average Bonchev–Trinajstić information content (AvgIpc) is 2.72. The van der Waals surface area contributed by atoms with E-state index < -0.39 is 16.1 Å². The first kappa shape index (κ1) is 22.1. The molecule has 0 amide bonds. The molecule has 1 atom stereocenters. The van der Waals surface area contributed by atoms with Crippen LogP contribution in [0.25, 0.3) is 0 Å². The zero-order valence-corrected chi connectivity index (χ0v) is 16.9. The molecule has 1 heterocycles. The van der Waals surface area contributed by atoms with E-state index in [4.69, 9.17) is 21.2 Å². The molecule has 1 aromatic carbocycles. The Labute approximate surface area is 170 Å². The Morgan fingerprint density at radius 3 is 2.66 bits per heavy atom. The van der Waals surface area contributed by atoms with Crippen LogP contribution in [0.2, 0.25) is 0 Å². The van der Waals surface area contributed by atoms with Gasteiger partial charge in [0.2, 0.25) is 21.9 Å². The standard InChI is InChI=1S/C19H21N5O4S/c1-4-14(2)28-18-15(12-20)13-21-19(24-18)23-16-6-8-17(9-7-16)29(25,26)22-10-5-11-27-3/h1,6-9,13-14,22H,5,10-11H2,2-3H3,(H,21,23,24). The van der Waals surface area contributed by atoms with Crippen molar-refractivity contribution in [1.82, 2.24) is 14.7 Å². The molecule has 0 radical (unpaired) electrons. The topological polar surface area (TPSA) is 126 Å². The lowest BCUT2D eigenvalue weighted by molar-refractivity contribution is 0.196. The number of benzene rings is 1. The van der Waals surface area contributed by atoms with Gasteiger partial charge >= 0.3 is 0 Å². The molecule has 9 nitrogen and oxygen atoms in total. The van der Waals surface area contributed by atoms with Crippen molar-refractivity contribution in [2.75, 3.05) is 25.6 Å². The molecule has 0 bridgehead atoms. The van der Waals surface area contributed by atoms with Crippen molar-refractivity contribution in [3.8, 4) is 24.3 Å². The third kappa shape index (κ3) is 6.43. The van der Waals surface area contributed by atoms with Gasteiger partial charge in [-0.15, -0.1) is 6.42 Å². The SMILES string of the molecule is C#CC(C)Oc1nc(Nc2ccc(S(=O)(=O)NCCCOC)cc2)ncc1C#N. The fourth-order valence-electron chi connectivity index (χ4n) is 2.15. The Balaban J connectivity index is 2.11. The van der Waals surface area contributed by atoms with Crippen LogP contribution in [0.5, 0.6) is 5.88 Å². The molecule has 10 heteroatoms. The summed E-state index contributed by atoms with van der Waals surface area (Å²) < 4.78 is 37.3. The quantitative estimate of drug-likeness (QED) is 0.444. The summed E-state index contributed by atoms with van der Waals surface area (Å²) >= 11 is 0. The minimum absolute atomic E-state index is 0.0647. The number of aromatic nitrogens is 2. The van der Waals surface area contributed by atoms with Gasteiger partial charge in [-0.25, -0.2) is 18.1 Å². The molecule has 1 unspecified atom stereocenters. The number of hydrogen-bond acceptors (Lipinski definition) is 8. The number of terminal acetylenes is 1. The van der Waals surface area contributed by atoms with E-state index in [9.17, 15) is 8.42 Å². The van der Waals surface area contributed by atoms with Gasteiger partial charge < -0.3 is 14.8 Å². The molecule has 2 N–H and O–H groups in total.